The average molecular weight is 559 g/mol. The van der Waals surface area contributed by atoms with E-state index >= 15 is 0 Å². The van der Waals surface area contributed by atoms with Crippen molar-refractivity contribution >= 4 is 27.5 Å². The molecule has 2 aliphatic carbocycles. The first-order valence-corrected chi connectivity index (χ1v) is 14.0. The molecule has 0 unspecified atom stereocenters. The monoisotopic (exact) mass is 557 g/mol. The normalized spacial score (nSPS) is 21.7. The molecule has 0 saturated carbocycles. The number of ether oxygens (including phenoxy) is 2. The molecule has 0 radical (unpaired) electrons. The Kier molecular flexibility index (Phi) is 7.24. The third-order valence-corrected chi connectivity index (χ3v) is 7.95. The molecule has 196 valence electrons. The highest BCUT2D eigenvalue weighted by molar-refractivity contribution is 9.10. The predicted octanol–water partition coefficient (Wildman–Crippen LogP) is 7.34. The van der Waals surface area contributed by atoms with E-state index in [2.05, 4.69) is 55.4 Å². The Labute approximate surface area is 224 Å². The second-order valence-electron chi connectivity index (χ2n) is 12.2. The van der Waals surface area contributed by atoms with Crippen molar-refractivity contribution in [2.24, 2.45) is 10.8 Å². The van der Waals surface area contributed by atoms with Gasteiger partial charge in [-0.25, -0.2) is 0 Å². The lowest BCUT2D eigenvalue weighted by Gasteiger charge is -2.49. The molecule has 1 aromatic rings. The van der Waals surface area contributed by atoms with E-state index in [-0.39, 0.29) is 28.5 Å². The summed E-state index contributed by atoms with van der Waals surface area (Å²) in [6, 6.07) is 4.00. The zero-order valence-electron chi connectivity index (χ0n) is 23.0. The lowest BCUT2D eigenvalue weighted by molar-refractivity contribution is -0.119. The van der Waals surface area contributed by atoms with Gasteiger partial charge < -0.3 is 14.4 Å². The molecule has 0 saturated heterocycles. The zero-order chi connectivity index (χ0) is 26.6. The number of ketones is 2. The van der Waals surface area contributed by atoms with Gasteiger partial charge in [-0.05, 0) is 85.0 Å². The Hall–Kier alpha value is -2.08. The number of carbonyl (C=O) groups is 2. The summed E-state index contributed by atoms with van der Waals surface area (Å²) in [5.74, 6) is 1.17. The molecule has 6 heteroatoms. The maximum Gasteiger partial charge on any atom is 0.175 e. The quantitative estimate of drug-likeness (QED) is 0.366. The molecule has 0 spiro atoms. The summed E-state index contributed by atoms with van der Waals surface area (Å²) in [5.41, 5.74) is 4.41. The molecule has 0 N–H and O–H groups in total. The van der Waals surface area contributed by atoms with Gasteiger partial charge in [-0.2, -0.15) is 0 Å². The van der Waals surface area contributed by atoms with E-state index in [4.69, 9.17) is 9.47 Å². The Balaban J connectivity index is 1.99. The summed E-state index contributed by atoms with van der Waals surface area (Å²) < 4.78 is 12.9. The first-order chi connectivity index (χ1) is 16.8. The summed E-state index contributed by atoms with van der Waals surface area (Å²) >= 11 is 3.71. The second kappa shape index (κ2) is 9.66. The number of halogens is 1. The molecule has 1 heterocycles. The maximum atomic E-state index is 13.8. The van der Waals surface area contributed by atoms with Crippen LogP contribution < -0.4 is 9.47 Å². The van der Waals surface area contributed by atoms with E-state index in [0.29, 0.717) is 30.9 Å². The highest BCUT2D eigenvalue weighted by Gasteiger charge is 2.48. The van der Waals surface area contributed by atoms with Crippen molar-refractivity contribution in [3.8, 4) is 11.5 Å². The minimum absolute atomic E-state index is 0.0212. The van der Waals surface area contributed by atoms with Gasteiger partial charge in [-0.15, -0.1) is 0 Å². The van der Waals surface area contributed by atoms with Crippen LogP contribution in [0.1, 0.15) is 92.6 Å². The summed E-state index contributed by atoms with van der Waals surface area (Å²) in [4.78, 5) is 29.9. The van der Waals surface area contributed by atoms with E-state index in [1.54, 1.807) is 0 Å². The van der Waals surface area contributed by atoms with E-state index in [0.717, 1.165) is 52.0 Å². The third kappa shape index (κ3) is 4.90. The molecule has 0 bridgehead atoms. The van der Waals surface area contributed by atoms with Crippen molar-refractivity contribution < 1.29 is 19.1 Å². The van der Waals surface area contributed by atoms with Gasteiger partial charge in [0.05, 0.1) is 17.2 Å². The van der Waals surface area contributed by atoms with Gasteiger partial charge in [0.15, 0.2) is 23.1 Å². The molecule has 36 heavy (non-hydrogen) atoms. The Morgan fingerprint density at radius 1 is 0.944 bits per heavy atom. The number of carbonyl (C=O) groups excluding carboxylic acids is 2. The highest BCUT2D eigenvalue weighted by atomic mass is 79.9. The fraction of sp³-hybridized carbons (Fsp3) is 0.600. The minimum atomic E-state index is -0.395. The Morgan fingerprint density at radius 2 is 1.47 bits per heavy atom. The Morgan fingerprint density at radius 3 is 1.92 bits per heavy atom. The first-order valence-electron chi connectivity index (χ1n) is 13.2. The molecule has 0 atom stereocenters. The summed E-state index contributed by atoms with van der Waals surface area (Å²) in [6.07, 6.45) is 2.58. The number of nitrogens with zero attached hydrogens (tertiary/aromatic N) is 1. The summed E-state index contributed by atoms with van der Waals surface area (Å²) in [5, 5.41) is 0. The topological polar surface area (TPSA) is 55.8 Å². The number of hydrogen-bond acceptors (Lipinski definition) is 5. The van der Waals surface area contributed by atoms with Crippen LogP contribution in [0.15, 0.2) is 39.1 Å². The lowest BCUT2D eigenvalue weighted by atomic mass is 9.63. The molecular weight excluding hydrogens is 518 g/mol. The van der Waals surface area contributed by atoms with Crippen molar-refractivity contribution in [2.45, 2.75) is 93.1 Å². The van der Waals surface area contributed by atoms with E-state index in [1.165, 1.54) is 0 Å². The highest BCUT2D eigenvalue weighted by Crippen LogP contribution is 2.55. The molecule has 1 aromatic carbocycles. The van der Waals surface area contributed by atoms with Crippen LogP contribution in [0.5, 0.6) is 11.5 Å². The van der Waals surface area contributed by atoms with E-state index in [9.17, 15) is 9.59 Å². The molecule has 0 amide bonds. The van der Waals surface area contributed by atoms with Crippen LogP contribution in [-0.2, 0) is 9.59 Å². The molecule has 3 aliphatic rings. The number of Topliss-reactive ketones (excluding diaryl/α,β-unsaturated/α-hetero) is 2. The van der Waals surface area contributed by atoms with Gasteiger partial charge in [0.1, 0.15) is 0 Å². The van der Waals surface area contributed by atoms with Gasteiger partial charge in [-0.1, -0.05) is 27.7 Å². The minimum Gasteiger partial charge on any atom is -0.490 e. The molecule has 1 aliphatic heterocycles. The smallest absolute Gasteiger partial charge is 0.175 e. The lowest BCUT2D eigenvalue weighted by Crippen LogP contribution is -2.44. The van der Waals surface area contributed by atoms with E-state index < -0.39 is 5.92 Å². The SMILES string of the molecule is CCOc1cc(C2C3=C(CC(C)(C)CC3=O)N(CC)C3=C2C(=O)CC(C)(C)C3)cc(Br)c1OC(C)C. The average Bonchev–Trinajstić information content (AvgIpc) is 2.73. The van der Waals surface area contributed by atoms with Gasteiger partial charge in [0.25, 0.3) is 0 Å². The van der Waals surface area contributed by atoms with Crippen molar-refractivity contribution in [1.82, 2.24) is 4.90 Å². The fourth-order valence-corrected chi connectivity index (χ4v) is 6.68. The van der Waals surface area contributed by atoms with Crippen molar-refractivity contribution in [3.05, 3.63) is 44.7 Å². The summed E-state index contributed by atoms with van der Waals surface area (Å²) in [6.45, 7) is 17.9. The zero-order valence-corrected chi connectivity index (χ0v) is 24.6. The van der Waals surface area contributed by atoms with Gasteiger partial charge in [0, 0.05) is 47.8 Å². The Bertz CT molecular complexity index is 1100. The molecular formula is C30H40BrNO4. The van der Waals surface area contributed by atoms with Crippen LogP contribution in [0.4, 0.5) is 0 Å². The molecule has 0 fully saturated rings. The van der Waals surface area contributed by atoms with Crippen LogP contribution in [0.25, 0.3) is 0 Å². The van der Waals surface area contributed by atoms with Crippen LogP contribution >= 0.6 is 15.9 Å². The summed E-state index contributed by atoms with van der Waals surface area (Å²) in [7, 11) is 0. The van der Waals surface area contributed by atoms with Gasteiger partial charge >= 0.3 is 0 Å². The number of allylic oxidation sites excluding steroid dienone is 4. The predicted molar refractivity (Wildman–Crippen MR) is 146 cm³/mol. The van der Waals surface area contributed by atoms with E-state index in [1.807, 2.05) is 32.9 Å². The van der Waals surface area contributed by atoms with Crippen LogP contribution in [0.3, 0.4) is 0 Å². The van der Waals surface area contributed by atoms with Gasteiger partial charge in [-0.3, -0.25) is 9.59 Å². The van der Waals surface area contributed by atoms with Crippen LogP contribution in [-0.4, -0.2) is 35.7 Å². The van der Waals surface area contributed by atoms with Gasteiger partial charge in [0.2, 0.25) is 0 Å². The molecule has 0 aromatic heterocycles. The number of benzene rings is 1. The fourth-order valence-electron chi connectivity index (χ4n) is 6.13. The number of hydrogen-bond donors (Lipinski definition) is 0. The van der Waals surface area contributed by atoms with Crippen LogP contribution in [0.2, 0.25) is 0 Å². The molecule has 4 rings (SSSR count). The van der Waals surface area contributed by atoms with Crippen LogP contribution in [0, 0.1) is 10.8 Å². The maximum absolute atomic E-state index is 13.8. The second-order valence-corrected chi connectivity index (χ2v) is 13.1. The first kappa shape index (κ1) is 27.0. The number of rotatable bonds is 6. The standard InChI is InChI=1S/C30H40BrNO4/c1-9-32-20-13-29(5,6)15-22(33)26(20)25(27-21(32)14-30(7,8)16-23(27)34)18-11-19(31)28(36-17(3)4)24(12-18)35-10-2/h11-12,17,25H,9-10,13-16H2,1-8H3. The van der Waals surface area contributed by atoms with Crippen molar-refractivity contribution in [2.75, 3.05) is 13.2 Å². The largest absolute Gasteiger partial charge is 0.490 e. The molecule has 5 nitrogen and oxygen atoms in total. The van der Waals surface area contributed by atoms with Crippen molar-refractivity contribution in [3.63, 3.8) is 0 Å². The third-order valence-electron chi connectivity index (χ3n) is 7.36. The van der Waals surface area contributed by atoms with Crippen molar-refractivity contribution in [1.29, 1.82) is 0 Å².